The van der Waals surface area contributed by atoms with Crippen LogP contribution in [0.15, 0.2) is 34.5 Å². The molecule has 1 aromatic rings. The summed E-state index contributed by atoms with van der Waals surface area (Å²) in [6.45, 7) is 6.49. The summed E-state index contributed by atoms with van der Waals surface area (Å²) >= 11 is 0. The summed E-state index contributed by atoms with van der Waals surface area (Å²) < 4.78 is 16.6. The van der Waals surface area contributed by atoms with Gasteiger partial charge in [0.1, 0.15) is 5.78 Å². The summed E-state index contributed by atoms with van der Waals surface area (Å²) in [7, 11) is 1.59. The Hall–Kier alpha value is -2.63. The first kappa shape index (κ1) is 21.1. The van der Waals surface area contributed by atoms with Gasteiger partial charge in [-0.15, -0.1) is 0 Å². The zero-order valence-corrected chi connectivity index (χ0v) is 17.6. The number of ether oxygens (including phenoxy) is 3. The van der Waals surface area contributed by atoms with Crippen molar-refractivity contribution >= 4 is 17.5 Å². The smallest absolute Gasteiger partial charge is 0.336 e. The first-order valence-corrected chi connectivity index (χ1v) is 10.3. The van der Waals surface area contributed by atoms with Crippen molar-refractivity contribution in [1.29, 1.82) is 0 Å². The van der Waals surface area contributed by atoms with Crippen LogP contribution in [-0.2, 0) is 14.3 Å². The van der Waals surface area contributed by atoms with E-state index in [9.17, 15) is 9.59 Å². The molecule has 0 N–H and O–H groups in total. The van der Waals surface area contributed by atoms with Gasteiger partial charge in [-0.1, -0.05) is 13.0 Å². The first-order valence-electron chi connectivity index (χ1n) is 10.3. The van der Waals surface area contributed by atoms with Gasteiger partial charge in [-0.25, -0.2) is 4.79 Å². The Balaban J connectivity index is 2.10. The first-order chi connectivity index (χ1) is 14.0. The number of benzene rings is 1. The van der Waals surface area contributed by atoms with E-state index < -0.39 is 17.8 Å². The van der Waals surface area contributed by atoms with Crippen LogP contribution in [0.25, 0.3) is 0 Å². The highest BCUT2D eigenvalue weighted by atomic mass is 16.5. The van der Waals surface area contributed by atoms with Gasteiger partial charge < -0.3 is 14.2 Å². The number of rotatable bonds is 7. The molecule has 0 spiro atoms. The third-order valence-electron chi connectivity index (χ3n) is 5.41. The topological polar surface area (TPSA) is 74.2 Å². The van der Waals surface area contributed by atoms with Crippen molar-refractivity contribution in [3.8, 4) is 11.5 Å². The Morgan fingerprint density at radius 2 is 1.97 bits per heavy atom. The van der Waals surface area contributed by atoms with Gasteiger partial charge in [0, 0.05) is 23.7 Å². The van der Waals surface area contributed by atoms with Crippen molar-refractivity contribution < 1.29 is 23.8 Å². The van der Waals surface area contributed by atoms with Crippen LogP contribution in [0.4, 0.5) is 0 Å². The van der Waals surface area contributed by atoms with Gasteiger partial charge in [-0.3, -0.25) is 9.79 Å². The molecule has 1 aliphatic heterocycles. The molecule has 1 aliphatic carbocycles. The van der Waals surface area contributed by atoms with Crippen LogP contribution in [0.5, 0.6) is 11.5 Å². The van der Waals surface area contributed by atoms with E-state index >= 15 is 0 Å². The predicted octanol–water partition coefficient (Wildman–Crippen LogP) is 4.23. The van der Waals surface area contributed by atoms with Gasteiger partial charge in [0.2, 0.25) is 0 Å². The molecule has 3 rings (SSSR count). The summed E-state index contributed by atoms with van der Waals surface area (Å²) in [5, 5.41) is 0. The lowest BCUT2D eigenvalue weighted by Gasteiger charge is -2.35. The molecule has 1 saturated carbocycles. The highest BCUT2D eigenvalue weighted by Gasteiger charge is 2.43. The second kappa shape index (κ2) is 9.25. The lowest BCUT2D eigenvalue weighted by molar-refractivity contribution is -0.139. The number of nitrogens with zero attached hydrogens (tertiary/aromatic N) is 1. The monoisotopic (exact) mass is 399 g/mol. The van der Waals surface area contributed by atoms with Crippen LogP contribution in [0.1, 0.15) is 57.9 Å². The molecule has 0 bridgehead atoms. The number of allylic oxidation sites excluding steroid dienone is 1. The number of carbonyl (C=O) groups is 2. The standard InChI is InChI=1S/C23H29NO5/c1-5-12-29-18-11-10-15(13-19(18)27-4)21-20(23(26)28-6-2)14(3)24-16-8-7-9-17(25)22(16)21/h10-11,13,21-22H,5-9,12H2,1-4H3/t21-,22?/m0/s1. The van der Waals surface area contributed by atoms with Gasteiger partial charge in [0.05, 0.1) is 31.8 Å². The molecule has 6 heteroatoms. The number of carbonyl (C=O) groups excluding carboxylic acids is 2. The van der Waals surface area contributed by atoms with Gasteiger partial charge in [-0.05, 0) is 50.8 Å². The van der Waals surface area contributed by atoms with Gasteiger partial charge >= 0.3 is 5.97 Å². The lowest BCUT2D eigenvalue weighted by atomic mass is 9.69. The molecule has 2 aliphatic rings. The van der Waals surface area contributed by atoms with Crippen LogP contribution in [-0.4, -0.2) is 37.8 Å². The number of hydrogen-bond donors (Lipinski definition) is 0. The third-order valence-corrected chi connectivity index (χ3v) is 5.41. The molecule has 2 atom stereocenters. The molecular weight excluding hydrogens is 370 g/mol. The molecule has 156 valence electrons. The molecule has 0 aromatic heterocycles. The Morgan fingerprint density at radius 3 is 2.66 bits per heavy atom. The van der Waals surface area contributed by atoms with E-state index in [-0.39, 0.29) is 12.4 Å². The minimum absolute atomic E-state index is 0.125. The summed E-state index contributed by atoms with van der Waals surface area (Å²) in [5.74, 6) is 0.0868. The maximum atomic E-state index is 12.9. The highest BCUT2D eigenvalue weighted by Crippen LogP contribution is 2.44. The van der Waals surface area contributed by atoms with Crippen LogP contribution in [0.3, 0.4) is 0 Å². The van der Waals surface area contributed by atoms with Gasteiger partial charge in [-0.2, -0.15) is 0 Å². The van der Waals surface area contributed by atoms with Crippen molar-refractivity contribution in [1.82, 2.24) is 0 Å². The van der Waals surface area contributed by atoms with Crippen LogP contribution < -0.4 is 9.47 Å². The molecule has 6 nitrogen and oxygen atoms in total. The minimum Gasteiger partial charge on any atom is -0.493 e. The quantitative estimate of drug-likeness (QED) is 0.642. The molecule has 0 radical (unpaired) electrons. The Bertz CT molecular complexity index is 855. The second-order valence-electron chi connectivity index (χ2n) is 7.36. The highest BCUT2D eigenvalue weighted by molar-refractivity contribution is 6.11. The summed E-state index contributed by atoms with van der Waals surface area (Å²) in [5.41, 5.74) is 2.78. The van der Waals surface area contributed by atoms with Crippen molar-refractivity contribution in [3.05, 3.63) is 35.0 Å². The predicted molar refractivity (Wildman–Crippen MR) is 111 cm³/mol. The van der Waals surface area contributed by atoms with E-state index in [2.05, 4.69) is 4.99 Å². The maximum absolute atomic E-state index is 12.9. The van der Waals surface area contributed by atoms with E-state index in [1.165, 1.54) is 0 Å². The number of hydrogen-bond acceptors (Lipinski definition) is 6. The average Bonchev–Trinajstić information content (AvgIpc) is 2.71. The fourth-order valence-electron chi connectivity index (χ4n) is 4.16. The fourth-order valence-corrected chi connectivity index (χ4v) is 4.16. The SMILES string of the molecule is CCCOc1ccc([C@H]2C(C(=O)OCC)=C(C)N=C3CCCC(=O)C32)cc1OC. The van der Waals surface area contributed by atoms with Crippen molar-refractivity contribution in [3.63, 3.8) is 0 Å². The number of fused-ring (bicyclic) bond motifs is 1. The van der Waals surface area contributed by atoms with Gasteiger partial charge in [0.25, 0.3) is 0 Å². The second-order valence-corrected chi connectivity index (χ2v) is 7.36. The maximum Gasteiger partial charge on any atom is 0.336 e. The third kappa shape index (κ3) is 4.21. The summed E-state index contributed by atoms with van der Waals surface area (Å²) in [4.78, 5) is 30.4. The van der Waals surface area contributed by atoms with E-state index in [4.69, 9.17) is 14.2 Å². The number of aliphatic imine (C=N–C) groups is 1. The molecular formula is C23H29NO5. The lowest BCUT2D eigenvalue weighted by Crippen LogP contribution is -2.39. The molecule has 1 aromatic carbocycles. The molecule has 29 heavy (non-hydrogen) atoms. The summed E-state index contributed by atoms with van der Waals surface area (Å²) in [6, 6.07) is 5.63. The van der Waals surface area contributed by atoms with Crippen molar-refractivity contribution in [2.75, 3.05) is 20.3 Å². The van der Waals surface area contributed by atoms with Crippen LogP contribution in [0.2, 0.25) is 0 Å². The Labute approximate surface area is 171 Å². The van der Waals surface area contributed by atoms with E-state index in [1.54, 1.807) is 14.0 Å². The molecule has 1 heterocycles. The van der Waals surface area contributed by atoms with Crippen molar-refractivity contribution in [2.24, 2.45) is 10.9 Å². The fraction of sp³-hybridized carbons (Fsp3) is 0.522. The summed E-state index contributed by atoms with van der Waals surface area (Å²) in [6.07, 6.45) is 2.97. The van der Waals surface area contributed by atoms with E-state index in [1.807, 2.05) is 32.0 Å². The van der Waals surface area contributed by atoms with Crippen LogP contribution in [0, 0.1) is 5.92 Å². The molecule has 0 amide bonds. The zero-order valence-electron chi connectivity index (χ0n) is 17.6. The minimum atomic E-state index is -0.432. The number of methoxy groups -OCH3 is 1. The molecule has 1 fully saturated rings. The van der Waals surface area contributed by atoms with Crippen LogP contribution >= 0.6 is 0 Å². The average molecular weight is 399 g/mol. The van der Waals surface area contributed by atoms with Gasteiger partial charge in [0.15, 0.2) is 11.5 Å². The number of Topliss-reactive ketones (excluding diaryl/α,β-unsaturated/α-hetero) is 1. The van der Waals surface area contributed by atoms with E-state index in [0.717, 1.165) is 30.5 Å². The van der Waals surface area contributed by atoms with E-state index in [0.29, 0.717) is 35.8 Å². The number of esters is 1. The Morgan fingerprint density at radius 1 is 1.17 bits per heavy atom. The largest absolute Gasteiger partial charge is 0.493 e. The molecule has 1 unspecified atom stereocenters. The normalized spacial score (nSPS) is 21.4. The number of ketones is 1. The zero-order chi connectivity index (χ0) is 21.0. The Kier molecular flexibility index (Phi) is 6.72. The van der Waals surface area contributed by atoms with Crippen molar-refractivity contribution in [2.45, 2.75) is 52.4 Å². The molecule has 0 saturated heterocycles.